The fourth-order valence-corrected chi connectivity index (χ4v) is 3.98. The number of aromatic nitrogens is 3. The van der Waals surface area contributed by atoms with Gasteiger partial charge in [0.15, 0.2) is 0 Å². The summed E-state index contributed by atoms with van der Waals surface area (Å²) in [6.07, 6.45) is -3.80. The molecule has 3 heterocycles. The normalized spacial score (nSPS) is 15.6. The first-order valence-corrected chi connectivity index (χ1v) is 10.6. The van der Waals surface area contributed by atoms with Crippen LogP contribution in [0.5, 0.6) is 0 Å². The molecule has 4 rings (SSSR count). The van der Waals surface area contributed by atoms with E-state index in [-0.39, 0.29) is 30.8 Å². The van der Waals surface area contributed by atoms with E-state index in [4.69, 9.17) is 21.1 Å². The lowest BCUT2D eigenvalue weighted by Gasteiger charge is -2.34. The van der Waals surface area contributed by atoms with Gasteiger partial charge in [-0.05, 0) is 31.2 Å². The molecule has 8 nitrogen and oxygen atoms in total. The molecule has 0 bridgehead atoms. The predicted octanol–water partition coefficient (Wildman–Crippen LogP) is 4.81. The maximum atomic E-state index is 13.3. The largest absolute Gasteiger partial charge is 0.510 e. The number of carbonyl (C=O) groups excluding carboxylic acids is 2. The van der Waals surface area contributed by atoms with Crippen LogP contribution in [-0.2, 0) is 22.1 Å². The molecule has 178 valence electrons. The van der Waals surface area contributed by atoms with Crippen molar-refractivity contribution in [2.75, 3.05) is 13.2 Å². The van der Waals surface area contributed by atoms with Crippen LogP contribution in [0, 0.1) is 0 Å². The topological polar surface area (TPSA) is 86.6 Å². The number of nitrogens with zero attached hydrogens (tertiary/aromatic N) is 4. The molecule has 0 N–H and O–H groups in total. The van der Waals surface area contributed by atoms with Crippen molar-refractivity contribution in [1.82, 2.24) is 19.4 Å². The molecule has 2 aromatic heterocycles. The van der Waals surface area contributed by atoms with E-state index < -0.39 is 35.1 Å². The summed E-state index contributed by atoms with van der Waals surface area (Å²) in [6, 6.07) is 8.35. The number of benzene rings is 1. The molecule has 1 atom stereocenters. The third kappa shape index (κ3) is 4.43. The third-order valence-corrected chi connectivity index (χ3v) is 5.57. The maximum absolute atomic E-state index is 13.3. The SMILES string of the molecule is CCOC(=O)OC1c2ncn(-c3ccccn3)c2CCN1C(=O)c1cccc(C(F)(F)F)c1Cl. The van der Waals surface area contributed by atoms with Crippen molar-refractivity contribution < 1.29 is 32.2 Å². The van der Waals surface area contributed by atoms with E-state index >= 15 is 0 Å². The molecule has 1 unspecified atom stereocenters. The van der Waals surface area contributed by atoms with Crippen molar-refractivity contribution >= 4 is 23.7 Å². The van der Waals surface area contributed by atoms with Crippen LogP contribution in [0.3, 0.4) is 0 Å². The van der Waals surface area contributed by atoms with Crippen molar-refractivity contribution in [2.45, 2.75) is 25.7 Å². The van der Waals surface area contributed by atoms with Crippen LogP contribution in [-0.4, -0.2) is 44.6 Å². The highest BCUT2D eigenvalue weighted by molar-refractivity contribution is 6.34. The first-order chi connectivity index (χ1) is 16.2. The van der Waals surface area contributed by atoms with Crippen LogP contribution in [0.2, 0.25) is 5.02 Å². The first-order valence-electron chi connectivity index (χ1n) is 10.2. The average Bonchev–Trinajstić information content (AvgIpc) is 3.24. The van der Waals surface area contributed by atoms with E-state index in [1.54, 1.807) is 35.9 Å². The average molecular weight is 495 g/mol. The maximum Gasteiger partial charge on any atom is 0.510 e. The van der Waals surface area contributed by atoms with Crippen molar-refractivity contribution in [1.29, 1.82) is 0 Å². The van der Waals surface area contributed by atoms with Gasteiger partial charge < -0.3 is 9.47 Å². The van der Waals surface area contributed by atoms with E-state index in [2.05, 4.69) is 9.97 Å². The van der Waals surface area contributed by atoms with E-state index in [0.717, 1.165) is 17.0 Å². The lowest BCUT2D eigenvalue weighted by atomic mass is 10.1. The molecular weight excluding hydrogens is 477 g/mol. The number of amides is 1. The number of hydrogen-bond acceptors (Lipinski definition) is 6. The Kier molecular flexibility index (Phi) is 6.47. The molecule has 0 radical (unpaired) electrons. The second kappa shape index (κ2) is 9.34. The predicted molar refractivity (Wildman–Crippen MR) is 113 cm³/mol. The number of carbonyl (C=O) groups is 2. The smallest absolute Gasteiger partial charge is 0.435 e. The van der Waals surface area contributed by atoms with Gasteiger partial charge in [0.1, 0.15) is 17.8 Å². The summed E-state index contributed by atoms with van der Waals surface area (Å²) in [5.41, 5.74) is -0.643. The number of ether oxygens (including phenoxy) is 2. The van der Waals surface area contributed by atoms with Gasteiger partial charge in [-0.3, -0.25) is 14.3 Å². The zero-order valence-electron chi connectivity index (χ0n) is 17.8. The van der Waals surface area contributed by atoms with Crippen LogP contribution in [0.1, 0.15) is 40.5 Å². The van der Waals surface area contributed by atoms with E-state index in [0.29, 0.717) is 11.5 Å². The molecule has 1 aliphatic heterocycles. The van der Waals surface area contributed by atoms with Gasteiger partial charge in [0.25, 0.3) is 5.91 Å². The van der Waals surface area contributed by atoms with Gasteiger partial charge in [-0.15, -0.1) is 0 Å². The van der Waals surface area contributed by atoms with Gasteiger partial charge in [-0.2, -0.15) is 13.2 Å². The Hall–Kier alpha value is -3.60. The van der Waals surface area contributed by atoms with Gasteiger partial charge in [0.2, 0.25) is 6.23 Å². The summed E-state index contributed by atoms with van der Waals surface area (Å²) < 4.78 is 51.9. The number of fused-ring (bicyclic) bond motifs is 1. The third-order valence-electron chi connectivity index (χ3n) is 5.17. The molecule has 12 heteroatoms. The lowest BCUT2D eigenvalue weighted by Crippen LogP contribution is -2.42. The molecule has 34 heavy (non-hydrogen) atoms. The molecule has 0 saturated carbocycles. The summed E-state index contributed by atoms with van der Waals surface area (Å²) in [5.74, 6) is -0.282. The minimum Gasteiger partial charge on any atom is -0.435 e. The molecule has 1 aromatic carbocycles. The van der Waals surface area contributed by atoms with Gasteiger partial charge in [-0.1, -0.05) is 23.7 Å². The Bertz CT molecular complexity index is 1220. The number of pyridine rings is 1. The molecule has 3 aromatic rings. The van der Waals surface area contributed by atoms with Gasteiger partial charge in [0.05, 0.1) is 28.5 Å². The number of hydrogen-bond donors (Lipinski definition) is 0. The van der Waals surface area contributed by atoms with Crippen LogP contribution in [0.25, 0.3) is 5.82 Å². The van der Waals surface area contributed by atoms with E-state index in [1.807, 2.05) is 0 Å². The van der Waals surface area contributed by atoms with Crippen molar-refractivity contribution in [2.24, 2.45) is 0 Å². The second-order valence-corrected chi connectivity index (χ2v) is 7.58. The highest BCUT2D eigenvalue weighted by Gasteiger charge is 2.40. The van der Waals surface area contributed by atoms with Crippen molar-refractivity contribution in [3.63, 3.8) is 0 Å². The number of rotatable bonds is 4. The summed E-state index contributed by atoms with van der Waals surface area (Å²) in [4.78, 5) is 35.2. The highest BCUT2D eigenvalue weighted by atomic mass is 35.5. The minimum absolute atomic E-state index is 0.0149. The molecule has 1 amide bonds. The first kappa shape index (κ1) is 23.6. The summed E-state index contributed by atoms with van der Waals surface area (Å²) in [5, 5.41) is -0.736. The Morgan fingerprint density at radius 3 is 2.65 bits per heavy atom. The quantitative estimate of drug-likeness (QED) is 0.484. The molecule has 0 fully saturated rings. The number of alkyl halides is 3. The highest BCUT2D eigenvalue weighted by Crippen LogP contribution is 2.38. The molecule has 0 spiro atoms. The minimum atomic E-state index is -4.75. The Balaban J connectivity index is 1.74. The van der Waals surface area contributed by atoms with E-state index in [1.165, 1.54) is 12.4 Å². The van der Waals surface area contributed by atoms with Crippen LogP contribution in [0.15, 0.2) is 48.9 Å². The fraction of sp³-hybridized carbons (Fsp3) is 0.273. The summed E-state index contributed by atoms with van der Waals surface area (Å²) in [6.45, 7) is 1.61. The Labute approximate surface area is 196 Å². The Morgan fingerprint density at radius 1 is 1.18 bits per heavy atom. The van der Waals surface area contributed by atoms with Gasteiger partial charge >= 0.3 is 12.3 Å². The second-order valence-electron chi connectivity index (χ2n) is 7.20. The number of imidazole rings is 1. The molecule has 1 aliphatic rings. The van der Waals surface area contributed by atoms with Crippen LogP contribution < -0.4 is 0 Å². The summed E-state index contributed by atoms with van der Waals surface area (Å²) >= 11 is 5.97. The molecular formula is C22H18ClF3N4O4. The van der Waals surface area contributed by atoms with Gasteiger partial charge in [-0.25, -0.2) is 14.8 Å². The number of halogens is 4. The van der Waals surface area contributed by atoms with Crippen LogP contribution in [0.4, 0.5) is 18.0 Å². The monoisotopic (exact) mass is 494 g/mol. The fourth-order valence-electron chi connectivity index (χ4n) is 3.67. The van der Waals surface area contributed by atoms with Crippen molar-refractivity contribution in [3.8, 4) is 5.82 Å². The van der Waals surface area contributed by atoms with Crippen molar-refractivity contribution in [3.05, 3.63) is 76.5 Å². The molecule has 0 aliphatic carbocycles. The standard InChI is InChI=1S/C22H18ClF3N4O4/c1-2-33-21(32)34-20-18-15(30(12-28-18)16-8-3-4-10-27-16)9-11-29(20)19(31)13-6-5-7-14(17(13)23)22(24,25)26/h3-8,10,12,20H,2,9,11H2,1H3. The zero-order valence-corrected chi connectivity index (χ0v) is 18.5. The Morgan fingerprint density at radius 2 is 1.97 bits per heavy atom. The van der Waals surface area contributed by atoms with E-state index in [9.17, 15) is 22.8 Å². The lowest BCUT2D eigenvalue weighted by molar-refractivity contribution is -0.137. The van der Waals surface area contributed by atoms with Crippen LogP contribution >= 0.6 is 11.6 Å². The zero-order chi connectivity index (χ0) is 24.5. The molecule has 0 saturated heterocycles. The van der Waals surface area contributed by atoms with Gasteiger partial charge in [0, 0.05) is 19.2 Å². The summed E-state index contributed by atoms with van der Waals surface area (Å²) in [7, 11) is 0.